The van der Waals surface area contributed by atoms with Crippen molar-refractivity contribution in [2.75, 3.05) is 36.4 Å². The number of halogens is 3. The van der Waals surface area contributed by atoms with Gasteiger partial charge in [-0.25, -0.2) is 4.98 Å². The van der Waals surface area contributed by atoms with Gasteiger partial charge in [0.25, 0.3) is 0 Å². The van der Waals surface area contributed by atoms with Crippen LogP contribution in [-0.4, -0.2) is 31.2 Å². The lowest BCUT2D eigenvalue weighted by Crippen LogP contribution is -2.43. The van der Waals surface area contributed by atoms with Crippen LogP contribution in [0.2, 0.25) is 0 Å². The Morgan fingerprint density at radius 3 is 2.67 bits per heavy atom. The van der Waals surface area contributed by atoms with Gasteiger partial charge in [0, 0.05) is 49.2 Å². The molecule has 3 aliphatic rings. The van der Waals surface area contributed by atoms with Crippen molar-refractivity contribution in [1.29, 1.82) is 0 Å². The third kappa shape index (κ3) is 4.94. The molecule has 0 amide bonds. The Morgan fingerprint density at radius 1 is 1.14 bits per heavy atom. The number of benzene rings is 1. The average Bonchev–Trinajstić information content (AvgIpc) is 2.90. The van der Waals surface area contributed by atoms with Crippen molar-refractivity contribution in [1.82, 2.24) is 10.3 Å². The first-order valence-corrected chi connectivity index (χ1v) is 12.9. The Labute approximate surface area is 211 Å². The first-order chi connectivity index (χ1) is 17.3. The SMILES string of the molecule is CCC1CC(C)=C(Nc2cc(N3CCNCC3)cc(-c3ccccc3C(F)(F)F)n2)C2=C1C=CCC2. The van der Waals surface area contributed by atoms with Crippen LogP contribution in [0.3, 0.4) is 0 Å². The summed E-state index contributed by atoms with van der Waals surface area (Å²) in [4.78, 5) is 6.96. The number of nitrogens with zero attached hydrogens (tertiary/aromatic N) is 2. The third-order valence-electron chi connectivity index (χ3n) is 7.47. The quantitative estimate of drug-likeness (QED) is 0.472. The first kappa shape index (κ1) is 24.6. The first-order valence-electron chi connectivity index (χ1n) is 12.9. The molecule has 1 unspecified atom stereocenters. The van der Waals surface area contributed by atoms with Crippen molar-refractivity contribution < 1.29 is 13.2 Å². The minimum atomic E-state index is -4.46. The molecule has 1 aromatic carbocycles. The van der Waals surface area contributed by atoms with Gasteiger partial charge in [0.2, 0.25) is 0 Å². The van der Waals surface area contributed by atoms with Gasteiger partial charge in [0.05, 0.1) is 11.3 Å². The molecule has 0 radical (unpaired) electrons. The van der Waals surface area contributed by atoms with Gasteiger partial charge in [-0.15, -0.1) is 0 Å². The van der Waals surface area contributed by atoms with Crippen LogP contribution in [0.15, 0.2) is 71.0 Å². The molecule has 190 valence electrons. The summed E-state index contributed by atoms with van der Waals surface area (Å²) in [6.45, 7) is 7.66. The van der Waals surface area contributed by atoms with Crippen LogP contribution >= 0.6 is 0 Å². The summed E-state index contributed by atoms with van der Waals surface area (Å²) in [6.07, 6.45) is 4.07. The fraction of sp³-hybridized carbons (Fsp3) is 0.414. The number of rotatable bonds is 5. The Kier molecular flexibility index (Phi) is 6.93. The van der Waals surface area contributed by atoms with E-state index in [4.69, 9.17) is 4.98 Å². The molecule has 2 aliphatic carbocycles. The Bertz CT molecular complexity index is 1220. The van der Waals surface area contributed by atoms with E-state index in [1.165, 1.54) is 28.9 Å². The normalized spacial score (nSPS) is 20.6. The summed E-state index contributed by atoms with van der Waals surface area (Å²) in [5, 5.41) is 6.92. The van der Waals surface area contributed by atoms with E-state index < -0.39 is 11.7 Å². The molecule has 0 saturated carbocycles. The molecule has 4 nitrogen and oxygen atoms in total. The highest BCUT2D eigenvalue weighted by Crippen LogP contribution is 2.42. The average molecular weight is 495 g/mol. The van der Waals surface area contributed by atoms with Crippen LogP contribution in [0.5, 0.6) is 0 Å². The molecular weight excluding hydrogens is 461 g/mol. The van der Waals surface area contributed by atoms with Gasteiger partial charge >= 0.3 is 6.18 Å². The van der Waals surface area contributed by atoms with E-state index in [0.29, 0.717) is 17.4 Å². The number of hydrogen-bond donors (Lipinski definition) is 2. The lowest BCUT2D eigenvalue weighted by Gasteiger charge is -2.33. The molecule has 1 atom stereocenters. The fourth-order valence-electron chi connectivity index (χ4n) is 5.63. The highest BCUT2D eigenvalue weighted by atomic mass is 19.4. The van der Waals surface area contributed by atoms with E-state index in [2.05, 4.69) is 41.5 Å². The number of alkyl halides is 3. The smallest absolute Gasteiger partial charge is 0.369 e. The molecule has 0 bridgehead atoms. The Hall–Kier alpha value is -3.06. The zero-order valence-corrected chi connectivity index (χ0v) is 20.9. The number of anilines is 2. The lowest BCUT2D eigenvalue weighted by molar-refractivity contribution is -0.137. The van der Waals surface area contributed by atoms with Crippen LogP contribution < -0.4 is 15.5 Å². The zero-order valence-electron chi connectivity index (χ0n) is 20.9. The van der Waals surface area contributed by atoms with Gasteiger partial charge in [0.1, 0.15) is 5.82 Å². The summed E-state index contributed by atoms with van der Waals surface area (Å²) in [5.74, 6) is 1.10. The van der Waals surface area contributed by atoms with E-state index in [1.54, 1.807) is 12.1 Å². The molecule has 0 spiro atoms. The predicted molar refractivity (Wildman–Crippen MR) is 140 cm³/mol. The molecule has 2 N–H and O–H groups in total. The van der Waals surface area contributed by atoms with Crippen molar-refractivity contribution in [3.05, 3.63) is 76.5 Å². The largest absolute Gasteiger partial charge is 0.417 e. The van der Waals surface area contributed by atoms with Gasteiger partial charge in [-0.1, -0.05) is 37.3 Å². The monoisotopic (exact) mass is 494 g/mol. The highest BCUT2D eigenvalue weighted by molar-refractivity contribution is 5.73. The number of pyridine rings is 1. The number of hydrogen-bond acceptors (Lipinski definition) is 4. The maximum absolute atomic E-state index is 13.9. The second-order valence-electron chi connectivity index (χ2n) is 9.84. The summed E-state index contributed by atoms with van der Waals surface area (Å²) in [5.41, 5.74) is 5.73. The summed E-state index contributed by atoms with van der Waals surface area (Å²) in [7, 11) is 0. The molecule has 1 fully saturated rings. The van der Waals surface area contributed by atoms with E-state index in [9.17, 15) is 13.2 Å². The second-order valence-corrected chi connectivity index (χ2v) is 9.84. The van der Waals surface area contributed by atoms with Gasteiger partial charge in [0.15, 0.2) is 0 Å². The lowest BCUT2D eigenvalue weighted by atomic mass is 9.77. The molecule has 36 heavy (non-hydrogen) atoms. The number of nitrogens with one attached hydrogen (secondary N) is 2. The van der Waals surface area contributed by atoms with E-state index in [-0.39, 0.29) is 5.56 Å². The number of piperazine rings is 1. The molecule has 1 saturated heterocycles. The van der Waals surface area contributed by atoms with Crippen molar-refractivity contribution in [2.24, 2.45) is 5.92 Å². The minimum Gasteiger partial charge on any atom is -0.369 e. The van der Waals surface area contributed by atoms with Crippen LogP contribution in [0.25, 0.3) is 11.3 Å². The third-order valence-corrected chi connectivity index (χ3v) is 7.47. The maximum Gasteiger partial charge on any atom is 0.417 e. The molecular formula is C29H33F3N4. The van der Waals surface area contributed by atoms with Gasteiger partial charge in [-0.3, -0.25) is 0 Å². The number of allylic oxidation sites excluding steroid dienone is 5. The Balaban J connectivity index is 1.59. The molecule has 1 aromatic heterocycles. The van der Waals surface area contributed by atoms with E-state index in [1.807, 2.05) is 6.07 Å². The van der Waals surface area contributed by atoms with E-state index in [0.717, 1.165) is 69.3 Å². The molecule has 7 heteroatoms. The van der Waals surface area contributed by atoms with Crippen LogP contribution in [-0.2, 0) is 6.18 Å². The standard InChI is InChI=1S/C29H33F3N4/c1-3-20-16-19(2)28(23-9-5-4-8-22(20)23)35-27-18-21(36-14-12-33-13-15-36)17-26(34-27)24-10-6-7-11-25(24)29(30,31)32/h4,6-8,10-11,17-18,20,33H,3,5,9,12-16H2,1-2H3,(H,34,35). The molecule has 1 aliphatic heterocycles. The second kappa shape index (κ2) is 10.1. The van der Waals surface area contributed by atoms with Crippen molar-refractivity contribution >= 4 is 11.5 Å². The summed E-state index contributed by atoms with van der Waals surface area (Å²) < 4.78 is 41.7. The highest BCUT2D eigenvalue weighted by Gasteiger charge is 2.34. The van der Waals surface area contributed by atoms with Gasteiger partial charge in [-0.05, 0) is 67.4 Å². The van der Waals surface area contributed by atoms with Crippen LogP contribution in [0.1, 0.15) is 45.1 Å². The predicted octanol–water partition coefficient (Wildman–Crippen LogP) is 6.94. The fourth-order valence-corrected chi connectivity index (χ4v) is 5.63. The van der Waals surface area contributed by atoms with Crippen molar-refractivity contribution in [3.8, 4) is 11.3 Å². The molecule has 5 rings (SSSR count). The van der Waals surface area contributed by atoms with Crippen molar-refractivity contribution in [2.45, 2.75) is 45.7 Å². The van der Waals surface area contributed by atoms with Crippen LogP contribution in [0.4, 0.5) is 24.7 Å². The zero-order chi connectivity index (χ0) is 25.3. The maximum atomic E-state index is 13.9. The van der Waals surface area contributed by atoms with Gasteiger partial charge < -0.3 is 15.5 Å². The molecule has 2 heterocycles. The van der Waals surface area contributed by atoms with Crippen LogP contribution in [0, 0.1) is 5.92 Å². The minimum absolute atomic E-state index is 0.103. The van der Waals surface area contributed by atoms with E-state index >= 15 is 0 Å². The molecule has 2 aromatic rings. The number of aromatic nitrogens is 1. The van der Waals surface area contributed by atoms with Crippen molar-refractivity contribution in [3.63, 3.8) is 0 Å². The Morgan fingerprint density at radius 2 is 1.92 bits per heavy atom. The van der Waals surface area contributed by atoms with Gasteiger partial charge in [-0.2, -0.15) is 13.2 Å². The summed E-state index contributed by atoms with van der Waals surface area (Å²) in [6, 6.07) is 9.49. The summed E-state index contributed by atoms with van der Waals surface area (Å²) >= 11 is 0. The topological polar surface area (TPSA) is 40.2 Å².